The maximum Gasteiger partial charge on any atom is 0.110 e. The van der Waals surface area contributed by atoms with Crippen molar-refractivity contribution in [2.24, 2.45) is 11.8 Å². The van der Waals surface area contributed by atoms with Crippen LogP contribution in [0.4, 0.5) is 0 Å². The van der Waals surface area contributed by atoms with Crippen molar-refractivity contribution in [3.63, 3.8) is 0 Å². The molecule has 2 unspecified atom stereocenters. The zero-order valence-corrected chi connectivity index (χ0v) is 11.1. The van der Waals surface area contributed by atoms with E-state index in [1.165, 1.54) is 0 Å². The number of hydrogen-bond acceptors (Lipinski definition) is 3. The van der Waals surface area contributed by atoms with Crippen LogP contribution in [-0.4, -0.2) is 39.6 Å². The highest BCUT2D eigenvalue weighted by molar-refractivity contribution is 4.83. The summed E-state index contributed by atoms with van der Waals surface area (Å²) in [6.45, 7) is 8.53. The fourth-order valence-electron chi connectivity index (χ4n) is 2.03. The van der Waals surface area contributed by atoms with E-state index in [9.17, 15) is 0 Å². The third kappa shape index (κ3) is 4.09. The van der Waals surface area contributed by atoms with Crippen LogP contribution in [0, 0.1) is 11.8 Å². The molecule has 0 rings (SSSR count). The molecular formula is C12H26O3. The van der Waals surface area contributed by atoms with Crippen molar-refractivity contribution >= 4 is 0 Å². The second kappa shape index (κ2) is 7.20. The molecular weight excluding hydrogens is 192 g/mol. The zero-order chi connectivity index (χ0) is 12.0. The Morgan fingerprint density at radius 1 is 0.533 bits per heavy atom. The molecule has 92 valence electrons. The van der Waals surface area contributed by atoms with E-state index in [-0.39, 0.29) is 18.3 Å². The van der Waals surface area contributed by atoms with Crippen LogP contribution in [0.5, 0.6) is 0 Å². The van der Waals surface area contributed by atoms with E-state index in [1.54, 1.807) is 21.3 Å². The lowest BCUT2D eigenvalue weighted by Gasteiger charge is -2.35. The first-order valence-electron chi connectivity index (χ1n) is 5.57. The van der Waals surface area contributed by atoms with Gasteiger partial charge in [-0.25, -0.2) is 0 Å². The summed E-state index contributed by atoms with van der Waals surface area (Å²) in [6.07, 6.45) is 0.129. The van der Waals surface area contributed by atoms with Gasteiger partial charge in [0.2, 0.25) is 0 Å². The van der Waals surface area contributed by atoms with Gasteiger partial charge >= 0.3 is 0 Å². The normalized spacial score (nSPS) is 18.2. The smallest absolute Gasteiger partial charge is 0.110 e. The van der Waals surface area contributed by atoms with Crippen molar-refractivity contribution in [3.05, 3.63) is 0 Å². The Morgan fingerprint density at radius 2 is 0.800 bits per heavy atom. The minimum Gasteiger partial charge on any atom is -0.378 e. The quantitative estimate of drug-likeness (QED) is 0.656. The van der Waals surface area contributed by atoms with Gasteiger partial charge in [0.05, 0.1) is 12.2 Å². The molecule has 0 aliphatic heterocycles. The summed E-state index contributed by atoms with van der Waals surface area (Å²) in [5, 5.41) is 0. The molecule has 0 aromatic heterocycles. The van der Waals surface area contributed by atoms with Crippen LogP contribution in [0.2, 0.25) is 0 Å². The second-order valence-corrected chi connectivity index (χ2v) is 4.59. The summed E-state index contributed by atoms with van der Waals surface area (Å²) >= 11 is 0. The second-order valence-electron chi connectivity index (χ2n) is 4.59. The molecule has 3 nitrogen and oxygen atoms in total. The monoisotopic (exact) mass is 218 g/mol. The molecule has 0 aliphatic rings. The molecule has 0 saturated carbocycles. The van der Waals surface area contributed by atoms with Crippen LogP contribution in [0.25, 0.3) is 0 Å². The molecule has 3 heteroatoms. The van der Waals surface area contributed by atoms with Gasteiger partial charge in [-0.05, 0) is 11.8 Å². The first-order chi connectivity index (χ1) is 6.99. The predicted octanol–water partition coefficient (Wildman–Crippen LogP) is 2.34. The van der Waals surface area contributed by atoms with E-state index in [2.05, 4.69) is 27.7 Å². The van der Waals surface area contributed by atoms with Gasteiger partial charge < -0.3 is 14.2 Å². The third-order valence-corrected chi connectivity index (χ3v) is 2.78. The van der Waals surface area contributed by atoms with Gasteiger partial charge in [0, 0.05) is 21.3 Å². The van der Waals surface area contributed by atoms with Gasteiger partial charge in [0.15, 0.2) is 0 Å². The van der Waals surface area contributed by atoms with E-state index < -0.39 is 0 Å². The highest BCUT2D eigenvalue weighted by atomic mass is 16.6. The largest absolute Gasteiger partial charge is 0.378 e. The summed E-state index contributed by atoms with van der Waals surface area (Å²) < 4.78 is 16.5. The van der Waals surface area contributed by atoms with Crippen LogP contribution >= 0.6 is 0 Å². The topological polar surface area (TPSA) is 27.7 Å². The van der Waals surface area contributed by atoms with E-state index in [4.69, 9.17) is 14.2 Å². The van der Waals surface area contributed by atoms with E-state index in [0.29, 0.717) is 11.8 Å². The molecule has 0 heterocycles. The number of rotatable bonds is 7. The average Bonchev–Trinajstić information content (AvgIpc) is 2.16. The molecule has 0 N–H and O–H groups in total. The maximum absolute atomic E-state index is 5.53. The van der Waals surface area contributed by atoms with Crippen LogP contribution in [0.3, 0.4) is 0 Å². The van der Waals surface area contributed by atoms with Crippen LogP contribution in [0.1, 0.15) is 27.7 Å². The lowest BCUT2D eigenvalue weighted by Crippen LogP contribution is -2.46. The fraction of sp³-hybridized carbons (Fsp3) is 1.00. The molecule has 0 bridgehead atoms. The summed E-state index contributed by atoms with van der Waals surface area (Å²) in [5.41, 5.74) is 0. The molecule has 0 amide bonds. The summed E-state index contributed by atoms with van der Waals surface area (Å²) in [7, 11) is 5.17. The molecule has 0 fully saturated rings. The van der Waals surface area contributed by atoms with E-state index in [1.807, 2.05) is 0 Å². The third-order valence-electron chi connectivity index (χ3n) is 2.78. The Morgan fingerprint density at radius 3 is 0.933 bits per heavy atom. The number of ether oxygens (including phenoxy) is 3. The van der Waals surface area contributed by atoms with Gasteiger partial charge in [-0.15, -0.1) is 0 Å². The minimum absolute atomic E-state index is 0.0139. The highest BCUT2D eigenvalue weighted by Crippen LogP contribution is 2.22. The Labute approximate surface area is 94.1 Å². The van der Waals surface area contributed by atoms with Gasteiger partial charge in [0.25, 0.3) is 0 Å². The molecule has 0 aromatic rings. The van der Waals surface area contributed by atoms with E-state index in [0.717, 1.165) is 0 Å². The predicted molar refractivity (Wildman–Crippen MR) is 62.1 cm³/mol. The van der Waals surface area contributed by atoms with Crippen molar-refractivity contribution < 1.29 is 14.2 Å². The van der Waals surface area contributed by atoms with Gasteiger partial charge in [-0.2, -0.15) is 0 Å². The Kier molecular flexibility index (Phi) is 7.14. The Bertz CT molecular complexity index is 141. The number of methoxy groups -OCH3 is 3. The summed E-state index contributed by atoms with van der Waals surface area (Å²) in [5.74, 6) is 0.827. The lowest BCUT2D eigenvalue weighted by atomic mass is 9.92. The fourth-order valence-corrected chi connectivity index (χ4v) is 2.03. The summed E-state index contributed by atoms with van der Waals surface area (Å²) in [4.78, 5) is 0. The van der Waals surface area contributed by atoms with Gasteiger partial charge in [-0.1, -0.05) is 27.7 Å². The van der Waals surface area contributed by atoms with Crippen molar-refractivity contribution in [2.75, 3.05) is 21.3 Å². The standard InChI is InChI=1S/C12H26O3/c1-8(2)10(13-5)12(15-7)11(14-6)9(3)4/h8-12H,1-7H3. The number of hydrogen-bond donors (Lipinski definition) is 0. The molecule has 0 aromatic carbocycles. The van der Waals surface area contributed by atoms with Gasteiger partial charge in [0.1, 0.15) is 6.10 Å². The molecule has 0 spiro atoms. The van der Waals surface area contributed by atoms with Crippen molar-refractivity contribution in [1.29, 1.82) is 0 Å². The first-order valence-corrected chi connectivity index (χ1v) is 5.57. The van der Waals surface area contributed by atoms with Crippen LogP contribution < -0.4 is 0 Å². The Balaban J connectivity index is 4.68. The molecule has 0 saturated heterocycles. The minimum atomic E-state index is -0.0139. The SMILES string of the molecule is COC(C(C)C)C(OC)C(OC)C(C)C. The van der Waals surface area contributed by atoms with Crippen molar-refractivity contribution in [3.8, 4) is 0 Å². The average molecular weight is 218 g/mol. The van der Waals surface area contributed by atoms with Gasteiger partial charge in [-0.3, -0.25) is 0 Å². The maximum atomic E-state index is 5.53. The lowest BCUT2D eigenvalue weighted by molar-refractivity contribution is -0.132. The zero-order valence-electron chi connectivity index (χ0n) is 11.1. The van der Waals surface area contributed by atoms with Crippen LogP contribution in [-0.2, 0) is 14.2 Å². The van der Waals surface area contributed by atoms with Crippen molar-refractivity contribution in [1.82, 2.24) is 0 Å². The molecule has 2 atom stereocenters. The van der Waals surface area contributed by atoms with E-state index >= 15 is 0 Å². The highest BCUT2D eigenvalue weighted by Gasteiger charge is 2.33. The molecule has 0 radical (unpaired) electrons. The molecule has 0 aliphatic carbocycles. The molecule has 15 heavy (non-hydrogen) atoms. The first kappa shape index (κ1) is 14.9. The van der Waals surface area contributed by atoms with Crippen LogP contribution in [0.15, 0.2) is 0 Å². The Hall–Kier alpha value is -0.120. The summed E-state index contributed by atoms with van der Waals surface area (Å²) in [6, 6.07) is 0. The van der Waals surface area contributed by atoms with Crippen molar-refractivity contribution in [2.45, 2.75) is 46.0 Å².